The molecule has 0 saturated heterocycles. The fourth-order valence-electron chi connectivity index (χ4n) is 2.35. The van der Waals surface area contributed by atoms with Gasteiger partial charge in [-0.15, -0.1) is 0 Å². The Labute approximate surface area is 154 Å². The van der Waals surface area contributed by atoms with Gasteiger partial charge in [0.2, 0.25) is 15.9 Å². The zero-order valence-electron chi connectivity index (χ0n) is 15.2. The number of ether oxygens (including phenoxy) is 1. The Hall–Kier alpha value is -2.38. The highest BCUT2D eigenvalue weighted by atomic mass is 32.2. The van der Waals surface area contributed by atoms with Gasteiger partial charge in [-0.1, -0.05) is 36.8 Å². The van der Waals surface area contributed by atoms with E-state index in [1.165, 1.54) is 19.2 Å². The topological polar surface area (TPSA) is 84.5 Å². The molecular formula is C19H24N2O4S. The predicted molar refractivity (Wildman–Crippen MR) is 100 cm³/mol. The van der Waals surface area contributed by atoms with Crippen LogP contribution in [0, 0.1) is 6.92 Å². The number of carbonyl (C=O) groups excluding carboxylic acids is 1. The number of amides is 1. The third kappa shape index (κ3) is 5.31. The van der Waals surface area contributed by atoms with Crippen LogP contribution in [0.3, 0.4) is 0 Å². The molecule has 2 aromatic rings. The number of hydrogen-bond donors (Lipinski definition) is 2. The minimum absolute atomic E-state index is 0.0862. The molecule has 0 bridgehead atoms. The fourth-order valence-corrected chi connectivity index (χ4v) is 3.63. The first-order valence-electron chi connectivity index (χ1n) is 8.35. The molecule has 2 rings (SSSR count). The molecule has 1 unspecified atom stereocenters. The summed E-state index contributed by atoms with van der Waals surface area (Å²) < 4.78 is 32.5. The van der Waals surface area contributed by atoms with Crippen molar-refractivity contribution in [1.82, 2.24) is 10.0 Å². The molecule has 0 radical (unpaired) electrons. The molecule has 0 heterocycles. The smallest absolute Gasteiger partial charge is 0.241 e. The van der Waals surface area contributed by atoms with Crippen LogP contribution in [0.2, 0.25) is 0 Å². The average molecular weight is 376 g/mol. The second kappa shape index (κ2) is 8.82. The number of sulfonamides is 1. The summed E-state index contributed by atoms with van der Waals surface area (Å²) in [5.74, 6) is 0.206. The lowest BCUT2D eigenvalue weighted by atomic mass is 10.1. The number of carbonyl (C=O) groups is 1. The quantitative estimate of drug-likeness (QED) is 0.741. The third-order valence-electron chi connectivity index (χ3n) is 3.98. The molecule has 0 aliphatic heterocycles. The molecule has 0 spiro atoms. The maximum atomic E-state index is 12.5. The number of methoxy groups -OCH3 is 1. The zero-order chi connectivity index (χ0) is 19.2. The van der Waals surface area contributed by atoms with Crippen molar-refractivity contribution in [2.75, 3.05) is 7.11 Å². The van der Waals surface area contributed by atoms with Gasteiger partial charge in [0.05, 0.1) is 12.0 Å². The van der Waals surface area contributed by atoms with E-state index in [2.05, 4.69) is 10.0 Å². The van der Waals surface area contributed by atoms with Crippen LogP contribution in [0.25, 0.3) is 0 Å². The highest BCUT2D eigenvalue weighted by molar-refractivity contribution is 7.89. The van der Waals surface area contributed by atoms with Gasteiger partial charge >= 0.3 is 0 Å². The van der Waals surface area contributed by atoms with Gasteiger partial charge in [0.1, 0.15) is 11.8 Å². The first-order chi connectivity index (χ1) is 12.4. The van der Waals surface area contributed by atoms with Crippen molar-refractivity contribution in [1.29, 1.82) is 0 Å². The van der Waals surface area contributed by atoms with Crippen molar-refractivity contribution in [3.05, 3.63) is 59.7 Å². The minimum Gasteiger partial charge on any atom is -0.497 e. The summed E-state index contributed by atoms with van der Waals surface area (Å²) in [6.07, 6.45) is 0.342. The Morgan fingerprint density at radius 2 is 1.69 bits per heavy atom. The second-order valence-electron chi connectivity index (χ2n) is 5.96. The lowest BCUT2D eigenvalue weighted by Gasteiger charge is -2.17. The van der Waals surface area contributed by atoms with Crippen LogP contribution in [0.15, 0.2) is 53.4 Å². The van der Waals surface area contributed by atoms with E-state index >= 15 is 0 Å². The number of hydrogen-bond acceptors (Lipinski definition) is 4. The Kier molecular flexibility index (Phi) is 6.76. The van der Waals surface area contributed by atoms with Crippen molar-refractivity contribution in [3.8, 4) is 5.75 Å². The molecule has 2 aromatic carbocycles. The van der Waals surface area contributed by atoms with Crippen molar-refractivity contribution in [2.45, 2.75) is 37.8 Å². The lowest BCUT2D eigenvalue weighted by Crippen LogP contribution is -2.46. The first kappa shape index (κ1) is 19.9. The standard InChI is InChI=1S/C19H24N2O4S/c1-4-18(19(22)20-13-15-7-5-14(2)6-8-15)21-26(23,24)17-11-9-16(25-3)10-12-17/h5-12,18,21H,4,13H2,1-3H3,(H,20,22). The molecule has 0 aliphatic rings. The molecule has 1 atom stereocenters. The van der Waals surface area contributed by atoms with Gasteiger partial charge in [-0.05, 0) is 43.2 Å². The summed E-state index contributed by atoms with van der Waals surface area (Å²) in [4.78, 5) is 12.5. The van der Waals surface area contributed by atoms with Gasteiger partial charge in [0, 0.05) is 6.54 Å². The molecule has 2 N–H and O–H groups in total. The molecule has 0 saturated carbocycles. The second-order valence-corrected chi connectivity index (χ2v) is 7.68. The van der Waals surface area contributed by atoms with Crippen molar-refractivity contribution < 1.29 is 17.9 Å². The highest BCUT2D eigenvalue weighted by Crippen LogP contribution is 2.16. The molecule has 140 valence electrons. The van der Waals surface area contributed by atoms with Crippen molar-refractivity contribution >= 4 is 15.9 Å². The van der Waals surface area contributed by atoms with E-state index in [1.807, 2.05) is 31.2 Å². The van der Waals surface area contributed by atoms with Crippen LogP contribution < -0.4 is 14.8 Å². The first-order valence-corrected chi connectivity index (χ1v) is 9.83. The van der Waals surface area contributed by atoms with Crippen LogP contribution in [-0.4, -0.2) is 27.5 Å². The maximum Gasteiger partial charge on any atom is 0.241 e. The maximum absolute atomic E-state index is 12.5. The van der Waals surface area contributed by atoms with Crippen LogP contribution in [-0.2, 0) is 21.4 Å². The normalized spacial score (nSPS) is 12.4. The van der Waals surface area contributed by atoms with E-state index in [-0.39, 0.29) is 10.8 Å². The van der Waals surface area contributed by atoms with Gasteiger partial charge in [0.25, 0.3) is 0 Å². The van der Waals surface area contributed by atoms with Crippen molar-refractivity contribution in [2.24, 2.45) is 0 Å². The SMILES string of the molecule is CCC(NS(=O)(=O)c1ccc(OC)cc1)C(=O)NCc1ccc(C)cc1. The minimum atomic E-state index is -3.80. The van der Waals surface area contributed by atoms with E-state index in [1.54, 1.807) is 19.1 Å². The number of benzene rings is 2. The molecular weight excluding hydrogens is 352 g/mol. The lowest BCUT2D eigenvalue weighted by molar-refractivity contribution is -0.122. The number of aryl methyl sites for hydroxylation is 1. The molecule has 26 heavy (non-hydrogen) atoms. The summed E-state index contributed by atoms with van der Waals surface area (Å²) in [5, 5.41) is 2.78. The van der Waals surface area contributed by atoms with Gasteiger partial charge < -0.3 is 10.1 Å². The molecule has 0 aromatic heterocycles. The zero-order valence-corrected chi connectivity index (χ0v) is 16.0. The summed E-state index contributed by atoms with van der Waals surface area (Å²) in [5.41, 5.74) is 2.09. The Bertz CT molecular complexity index is 831. The monoisotopic (exact) mass is 376 g/mol. The Morgan fingerprint density at radius 3 is 2.23 bits per heavy atom. The third-order valence-corrected chi connectivity index (χ3v) is 5.47. The summed E-state index contributed by atoms with van der Waals surface area (Å²) >= 11 is 0. The van der Waals surface area contributed by atoms with Crippen LogP contribution >= 0.6 is 0 Å². The molecule has 6 nitrogen and oxygen atoms in total. The van der Waals surface area contributed by atoms with E-state index < -0.39 is 16.1 Å². The van der Waals surface area contributed by atoms with E-state index in [0.29, 0.717) is 18.7 Å². The summed E-state index contributed by atoms with van der Waals surface area (Å²) in [6.45, 7) is 4.09. The van der Waals surface area contributed by atoms with Crippen molar-refractivity contribution in [3.63, 3.8) is 0 Å². The Morgan fingerprint density at radius 1 is 1.08 bits per heavy atom. The average Bonchev–Trinajstić information content (AvgIpc) is 2.65. The molecule has 7 heteroatoms. The summed E-state index contributed by atoms with van der Waals surface area (Å²) in [7, 11) is -2.29. The van der Waals surface area contributed by atoms with Gasteiger partial charge in [-0.3, -0.25) is 4.79 Å². The van der Waals surface area contributed by atoms with Gasteiger partial charge in [-0.2, -0.15) is 4.72 Å². The number of nitrogens with one attached hydrogen (secondary N) is 2. The summed E-state index contributed by atoms with van der Waals surface area (Å²) in [6, 6.07) is 13.0. The number of rotatable bonds is 8. The largest absolute Gasteiger partial charge is 0.497 e. The van der Waals surface area contributed by atoms with Gasteiger partial charge in [-0.25, -0.2) is 8.42 Å². The van der Waals surface area contributed by atoms with Crippen LogP contribution in [0.5, 0.6) is 5.75 Å². The van der Waals surface area contributed by atoms with Crippen LogP contribution in [0.1, 0.15) is 24.5 Å². The van der Waals surface area contributed by atoms with E-state index in [4.69, 9.17) is 4.74 Å². The highest BCUT2D eigenvalue weighted by Gasteiger charge is 2.24. The molecule has 0 aliphatic carbocycles. The van der Waals surface area contributed by atoms with Gasteiger partial charge in [0.15, 0.2) is 0 Å². The molecule has 1 amide bonds. The Balaban J connectivity index is 2.01. The molecule has 0 fully saturated rings. The fraction of sp³-hybridized carbons (Fsp3) is 0.316. The van der Waals surface area contributed by atoms with E-state index in [9.17, 15) is 13.2 Å². The van der Waals surface area contributed by atoms with Crippen LogP contribution in [0.4, 0.5) is 0 Å². The van der Waals surface area contributed by atoms with E-state index in [0.717, 1.165) is 11.1 Å². The predicted octanol–water partition coefficient (Wildman–Crippen LogP) is 2.38.